The number of anilines is 1. The van der Waals surface area contributed by atoms with E-state index in [1.54, 1.807) is 31.2 Å². The van der Waals surface area contributed by atoms with Gasteiger partial charge in [-0.15, -0.1) is 0 Å². The maximum Gasteiger partial charge on any atom is 0.272 e. The Morgan fingerprint density at radius 1 is 1.14 bits per heavy atom. The molecule has 2 heterocycles. The fourth-order valence-electron chi connectivity index (χ4n) is 3.18. The number of amides is 2. The van der Waals surface area contributed by atoms with Gasteiger partial charge in [0, 0.05) is 23.7 Å². The number of benzene rings is 2. The molecule has 0 aliphatic heterocycles. The highest BCUT2D eigenvalue weighted by Gasteiger charge is 2.19. The topological polar surface area (TPSA) is 137 Å². The van der Waals surface area contributed by atoms with Gasteiger partial charge in [0.05, 0.1) is 22.2 Å². The molecule has 2 aromatic carbocycles. The first-order valence-corrected chi connectivity index (χ1v) is 10.4. The second-order valence-electron chi connectivity index (χ2n) is 7.30. The Hall–Kier alpha value is -4.56. The summed E-state index contributed by atoms with van der Waals surface area (Å²) in [5, 5.41) is 24.1. The maximum absolute atomic E-state index is 13.5. The number of aryl methyl sites for hydroxylation is 1. The van der Waals surface area contributed by atoms with E-state index in [4.69, 9.17) is 21.4 Å². The summed E-state index contributed by atoms with van der Waals surface area (Å²) in [5.41, 5.74) is 2.05. The first kappa shape index (κ1) is 23.6. The molecule has 0 bridgehead atoms. The number of nitrogens with zero attached hydrogens (tertiary/aromatic N) is 3. The molecule has 0 atom stereocenters. The van der Waals surface area contributed by atoms with Gasteiger partial charge in [-0.2, -0.15) is 10.4 Å². The smallest absolute Gasteiger partial charge is 0.272 e. The second-order valence-corrected chi connectivity index (χ2v) is 7.71. The summed E-state index contributed by atoms with van der Waals surface area (Å²) in [6.45, 7) is 1.77. The number of aromatic amines is 1. The number of carbonyl (C=O) groups is 2. The van der Waals surface area contributed by atoms with Crippen LogP contribution >= 0.6 is 11.6 Å². The molecule has 35 heavy (non-hydrogen) atoms. The van der Waals surface area contributed by atoms with Crippen molar-refractivity contribution in [1.29, 1.82) is 5.26 Å². The van der Waals surface area contributed by atoms with Gasteiger partial charge in [0.2, 0.25) is 0 Å². The van der Waals surface area contributed by atoms with Crippen LogP contribution in [0.3, 0.4) is 0 Å². The van der Waals surface area contributed by atoms with Gasteiger partial charge in [0.15, 0.2) is 17.3 Å². The van der Waals surface area contributed by atoms with Crippen molar-refractivity contribution >= 4 is 29.2 Å². The molecule has 0 radical (unpaired) electrons. The Balaban J connectivity index is 1.43. The number of carbonyl (C=O) groups excluding carboxylic acids is 2. The first-order valence-electron chi connectivity index (χ1n) is 10.0. The second kappa shape index (κ2) is 9.74. The number of rotatable bonds is 6. The third kappa shape index (κ3) is 5.02. The predicted octanol–water partition coefficient (Wildman–Crippen LogP) is 4.36. The van der Waals surface area contributed by atoms with Crippen molar-refractivity contribution in [3.05, 3.63) is 87.3 Å². The van der Waals surface area contributed by atoms with E-state index in [2.05, 4.69) is 26.0 Å². The molecule has 9 nitrogen and oxygen atoms in total. The van der Waals surface area contributed by atoms with Crippen LogP contribution in [0.5, 0.6) is 0 Å². The molecular formula is C23H15ClF2N6O3. The summed E-state index contributed by atoms with van der Waals surface area (Å²) >= 11 is 5.81. The molecule has 4 rings (SSSR count). The van der Waals surface area contributed by atoms with Crippen molar-refractivity contribution in [1.82, 2.24) is 20.7 Å². The van der Waals surface area contributed by atoms with Crippen LogP contribution in [0.1, 0.15) is 37.7 Å². The minimum atomic E-state index is -1.23. The molecule has 4 aromatic rings. The average Bonchev–Trinajstić information content (AvgIpc) is 3.46. The summed E-state index contributed by atoms with van der Waals surface area (Å²) in [7, 11) is 0. The van der Waals surface area contributed by atoms with Crippen LogP contribution in [-0.2, 0) is 6.54 Å². The highest BCUT2D eigenvalue weighted by Crippen LogP contribution is 2.26. The summed E-state index contributed by atoms with van der Waals surface area (Å²) in [4.78, 5) is 24.9. The molecule has 0 saturated carbocycles. The summed E-state index contributed by atoms with van der Waals surface area (Å²) in [5.74, 6) is -3.25. The lowest BCUT2D eigenvalue weighted by Gasteiger charge is -2.05. The molecule has 0 aliphatic carbocycles. The van der Waals surface area contributed by atoms with Gasteiger partial charge in [-0.1, -0.05) is 28.9 Å². The molecule has 0 fully saturated rings. The lowest BCUT2D eigenvalue weighted by atomic mass is 10.0. The number of H-pyrrole nitrogens is 1. The number of nitriles is 1. The summed E-state index contributed by atoms with van der Waals surface area (Å²) < 4.78 is 31.9. The molecular weight excluding hydrogens is 482 g/mol. The molecule has 3 N–H and O–H groups in total. The lowest BCUT2D eigenvalue weighted by molar-refractivity contribution is 0.0945. The van der Waals surface area contributed by atoms with Gasteiger partial charge in [-0.25, -0.2) is 8.78 Å². The fraction of sp³-hybridized carbons (Fsp3) is 0.0870. The number of nitrogens with one attached hydrogen (secondary N) is 3. The van der Waals surface area contributed by atoms with Crippen LogP contribution < -0.4 is 10.6 Å². The molecule has 0 aliphatic rings. The van der Waals surface area contributed by atoms with E-state index in [9.17, 15) is 18.4 Å². The number of hydrogen-bond acceptors (Lipinski definition) is 6. The van der Waals surface area contributed by atoms with Gasteiger partial charge < -0.3 is 15.2 Å². The van der Waals surface area contributed by atoms with Crippen LogP contribution in [0.4, 0.5) is 14.6 Å². The van der Waals surface area contributed by atoms with Crippen LogP contribution in [-0.4, -0.2) is 27.2 Å². The van der Waals surface area contributed by atoms with Crippen LogP contribution in [0, 0.1) is 29.9 Å². The lowest BCUT2D eigenvalue weighted by Crippen LogP contribution is -2.23. The average molecular weight is 497 g/mol. The highest BCUT2D eigenvalue weighted by atomic mass is 35.5. The number of aromatic nitrogens is 3. The minimum absolute atomic E-state index is 0.0364. The van der Waals surface area contributed by atoms with E-state index in [0.29, 0.717) is 40.3 Å². The molecule has 0 unspecified atom stereocenters. The Morgan fingerprint density at radius 3 is 2.57 bits per heavy atom. The van der Waals surface area contributed by atoms with Gasteiger partial charge in [0.25, 0.3) is 11.8 Å². The highest BCUT2D eigenvalue weighted by molar-refractivity contribution is 6.34. The molecule has 12 heteroatoms. The predicted molar refractivity (Wildman–Crippen MR) is 120 cm³/mol. The maximum atomic E-state index is 13.5. The van der Waals surface area contributed by atoms with Crippen molar-refractivity contribution in [2.45, 2.75) is 13.5 Å². The van der Waals surface area contributed by atoms with Crippen molar-refractivity contribution in [3.63, 3.8) is 0 Å². The van der Waals surface area contributed by atoms with E-state index in [0.717, 1.165) is 0 Å². The monoisotopic (exact) mass is 496 g/mol. The third-order valence-corrected chi connectivity index (χ3v) is 5.32. The largest absolute Gasteiger partial charge is 0.361 e. The van der Waals surface area contributed by atoms with E-state index in [1.807, 2.05) is 6.07 Å². The van der Waals surface area contributed by atoms with Crippen LogP contribution in [0.25, 0.3) is 11.3 Å². The SMILES string of the molecule is Cc1onc(-c2ccc(C#N)cc2)c1CNC(=O)c1cc(NC(=O)c2cc(F)c(F)cc2Cl)[nH]n1. The third-order valence-electron chi connectivity index (χ3n) is 5.01. The molecule has 2 amide bonds. The van der Waals surface area contributed by atoms with Crippen LogP contribution in [0.15, 0.2) is 47.0 Å². The van der Waals surface area contributed by atoms with Crippen molar-refractivity contribution < 1.29 is 22.9 Å². The number of hydrogen-bond donors (Lipinski definition) is 3. The molecule has 2 aromatic heterocycles. The van der Waals surface area contributed by atoms with Crippen LogP contribution in [0.2, 0.25) is 5.02 Å². The van der Waals surface area contributed by atoms with E-state index < -0.39 is 23.4 Å². The van der Waals surface area contributed by atoms with E-state index in [1.165, 1.54) is 6.07 Å². The normalized spacial score (nSPS) is 10.6. The van der Waals surface area contributed by atoms with Gasteiger partial charge in [-0.05, 0) is 31.2 Å². The van der Waals surface area contributed by atoms with E-state index >= 15 is 0 Å². The minimum Gasteiger partial charge on any atom is -0.361 e. The Labute approximate surface area is 201 Å². The van der Waals surface area contributed by atoms with Crippen molar-refractivity contribution in [3.8, 4) is 17.3 Å². The standard InChI is InChI=1S/C23H15ClF2N6O3/c1-11-15(21(32-35-11)13-4-2-12(9-27)3-5-13)10-28-23(34)19-8-20(31-30-19)29-22(33)14-6-17(25)18(26)7-16(14)24/h2-8H,10H2,1H3,(H,28,34)(H2,29,30,31,33). The Morgan fingerprint density at radius 2 is 1.86 bits per heavy atom. The van der Waals surface area contributed by atoms with Crippen molar-refractivity contribution in [2.24, 2.45) is 0 Å². The number of halogens is 3. The molecule has 176 valence electrons. The molecule has 0 spiro atoms. The summed E-state index contributed by atoms with van der Waals surface area (Å²) in [6.07, 6.45) is 0. The quantitative estimate of drug-likeness (QED) is 0.339. The summed E-state index contributed by atoms with van der Waals surface area (Å²) in [6, 6.07) is 11.4. The van der Waals surface area contributed by atoms with Gasteiger partial charge in [0.1, 0.15) is 17.3 Å². The first-order chi connectivity index (χ1) is 16.8. The van der Waals surface area contributed by atoms with Gasteiger partial charge >= 0.3 is 0 Å². The van der Waals surface area contributed by atoms with E-state index in [-0.39, 0.29) is 28.6 Å². The Bertz CT molecular complexity index is 1470. The van der Waals surface area contributed by atoms with Gasteiger partial charge in [-0.3, -0.25) is 14.7 Å². The zero-order valence-electron chi connectivity index (χ0n) is 17.9. The zero-order chi connectivity index (χ0) is 25.1. The Kier molecular flexibility index (Phi) is 6.57. The zero-order valence-corrected chi connectivity index (χ0v) is 18.7. The molecule has 0 saturated heterocycles. The van der Waals surface area contributed by atoms with Crippen molar-refractivity contribution in [2.75, 3.05) is 5.32 Å². The fourth-order valence-corrected chi connectivity index (χ4v) is 3.41.